The number of benzene rings is 2. The predicted octanol–water partition coefficient (Wildman–Crippen LogP) is 4.41. The number of fused-ring (bicyclic) bond motifs is 1. The van der Waals surface area contributed by atoms with E-state index in [9.17, 15) is 22.4 Å². The van der Waals surface area contributed by atoms with Gasteiger partial charge in [0, 0.05) is 24.3 Å². The molecule has 0 spiro atoms. The maximum atomic E-state index is 13.5. The number of imidazole rings is 1. The fraction of sp³-hybridized carbons (Fsp3) is 0.304. The third kappa shape index (κ3) is 5.14. The normalized spacial score (nSPS) is 14.0. The Kier molecular flexibility index (Phi) is 5.98. The first-order valence-corrected chi connectivity index (χ1v) is 10.5. The Hall–Kier alpha value is -3.60. The van der Waals surface area contributed by atoms with Crippen LogP contribution in [0.25, 0.3) is 11.3 Å². The Morgan fingerprint density at radius 1 is 1.06 bits per heavy atom. The molecule has 0 bridgehead atoms. The first-order valence-electron chi connectivity index (χ1n) is 10.5. The molecule has 4 rings (SSSR count). The summed E-state index contributed by atoms with van der Waals surface area (Å²) >= 11 is 0. The fourth-order valence-electron chi connectivity index (χ4n) is 3.72. The summed E-state index contributed by atoms with van der Waals surface area (Å²) in [6.07, 6.45) is -4.78. The Labute approximate surface area is 193 Å². The number of hydrogen-bond acceptors (Lipinski definition) is 5. The summed E-state index contributed by atoms with van der Waals surface area (Å²) in [5.41, 5.74) is 6.61. The van der Waals surface area contributed by atoms with Crippen molar-refractivity contribution in [3.8, 4) is 17.0 Å². The standard InChI is InChI=1S/C23H23F4N5O2/c1-22(2,28)21(33)31-11-12-32-18(13-31)30-19(14-3-5-15(24)6-4-14)20(32)29-16-7-9-17(10-8-16)34-23(25,26)27/h3-10,29H,11-13,28H2,1-2H3. The van der Waals surface area contributed by atoms with Gasteiger partial charge in [0.1, 0.15) is 28.9 Å². The van der Waals surface area contributed by atoms with Crippen LogP contribution in [0.3, 0.4) is 0 Å². The molecule has 11 heteroatoms. The van der Waals surface area contributed by atoms with Crippen LogP contribution in [0, 0.1) is 5.82 Å². The van der Waals surface area contributed by atoms with Crippen LogP contribution in [0.4, 0.5) is 29.1 Å². The summed E-state index contributed by atoms with van der Waals surface area (Å²) < 4.78 is 56.7. The number of halogens is 4. The van der Waals surface area contributed by atoms with Crippen molar-refractivity contribution < 1.29 is 27.1 Å². The number of nitrogens with zero attached hydrogens (tertiary/aromatic N) is 3. The highest BCUT2D eigenvalue weighted by atomic mass is 19.4. The fourth-order valence-corrected chi connectivity index (χ4v) is 3.72. The highest BCUT2D eigenvalue weighted by molar-refractivity contribution is 5.85. The maximum absolute atomic E-state index is 13.5. The number of hydrogen-bond donors (Lipinski definition) is 2. The van der Waals surface area contributed by atoms with Crippen LogP contribution in [0.15, 0.2) is 48.5 Å². The molecule has 0 atom stereocenters. The van der Waals surface area contributed by atoms with Crippen LogP contribution < -0.4 is 15.8 Å². The number of amides is 1. The third-order valence-corrected chi connectivity index (χ3v) is 5.28. The molecule has 1 aliphatic rings. The van der Waals surface area contributed by atoms with E-state index in [0.717, 1.165) is 0 Å². The number of carbonyl (C=O) groups excluding carboxylic acids is 1. The van der Waals surface area contributed by atoms with E-state index in [0.29, 0.717) is 41.7 Å². The predicted molar refractivity (Wildman–Crippen MR) is 118 cm³/mol. The van der Waals surface area contributed by atoms with E-state index in [-0.39, 0.29) is 18.2 Å². The minimum Gasteiger partial charge on any atom is -0.406 e. The van der Waals surface area contributed by atoms with Gasteiger partial charge < -0.3 is 25.3 Å². The van der Waals surface area contributed by atoms with Crippen LogP contribution in [0.2, 0.25) is 0 Å². The highest BCUT2D eigenvalue weighted by Crippen LogP contribution is 2.34. The van der Waals surface area contributed by atoms with Gasteiger partial charge in [0.2, 0.25) is 5.91 Å². The number of nitrogens with two attached hydrogens (primary N) is 1. The lowest BCUT2D eigenvalue weighted by atomic mass is 10.1. The maximum Gasteiger partial charge on any atom is 0.573 e. The van der Waals surface area contributed by atoms with E-state index in [2.05, 4.69) is 10.1 Å². The Balaban J connectivity index is 1.68. The summed E-state index contributed by atoms with van der Waals surface area (Å²) in [7, 11) is 0. The van der Waals surface area contributed by atoms with Gasteiger partial charge in [-0.25, -0.2) is 9.37 Å². The lowest BCUT2D eigenvalue weighted by Gasteiger charge is -2.33. The van der Waals surface area contributed by atoms with Crippen LogP contribution in [-0.4, -0.2) is 38.8 Å². The molecule has 0 fully saturated rings. The lowest BCUT2D eigenvalue weighted by Crippen LogP contribution is -2.52. The second kappa shape index (κ2) is 8.64. The zero-order valence-corrected chi connectivity index (χ0v) is 18.5. The summed E-state index contributed by atoms with van der Waals surface area (Å²) in [5, 5.41) is 3.20. The van der Waals surface area contributed by atoms with Gasteiger partial charge >= 0.3 is 6.36 Å². The summed E-state index contributed by atoms with van der Waals surface area (Å²) in [6.45, 7) is 4.33. The number of rotatable bonds is 5. The molecule has 2 heterocycles. The summed E-state index contributed by atoms with van der Waals surface area (Å²) in [5.74, 6) is 0.225. The van der Waals surface area contributed by atoms with Crippen molar-refractivity contribution in [2.45, 2.75) is 38.8 Å². The van der Waals surface area contributed by atoms with Crippen LogP contribution >= 0.6 is 0 Å². The number of anilines is 2. The van der Waals surface area contributed by atoms with Crippen molar-refractivity contribution in [1.82, 2.24) is 14.5 Å². The molecule has 34 heavy (non-hydrogen) atoms. The third-order valence-electron chi connectivity index (χ3n) is 5.28. The molecule has 0 saturated carbocycles. The van der Waals surface area contributed by atoms with E-state index in [1.807, 2.05) is 4.57 Å². The van der Waals surface area contributed by atoms with Gasteiger partial charge in [0.05, 0.1) is 12.1 Å². The Morgan fingerprint density at radius 2 is 1.71 bits per heavy atom. The smallest absolute Gasteiger partial charge is 0.406 e. The number of carbonyl (C=O) groups is 1. The zero-order valence-electron chi connectivity index (χ0n) is 18.5. The monoisotopic (exact) mass is 477 g/mol. The molecule has 1 amide bonds. The quantitative estimate of drug-likeness (QED) is 0.532. The van der Waals surface area contributed by atoms with Gasteiger partial charge in [-0.1, -0.05) is 0 Å². The van der Waals surface area contributed by atoms with Crippen molar-refractivity contribution in [2.75, 3.05) is 11.9 Å². The summed E-state index contributed by atoms with van der Waals surface area (Å²) in [6, 6.07) is 11.1. The van der Waals surface area contributed by atoms with Gasteiger partial charge in [-0.2, -0.15) is 0 Å². The summed E-state index contributed by atoms with van der Waals surface area (Å²) in [4.78, 5) is 19.0. The molecule has 0 radical (unpaired) electrons. The first-order chi connectivity index (χ1) is 15.9. The van der Waals surface area contributed by atoms with Crippen LogP contribution in [0.5, 0.6) is 5.75 Å². The van der Waals surface area contributed by atoms with Crippen molar-refractivity contribution in [1.29, 1.82) is 0 Å². The second-order valence-electron chi connectivity index (χ2n) is 8.53. The topological polar surface area (TPSA) is 85.4 Å². The van der Waals surface area contributed by atoms with Gasteiger partial charge in [-0.3, -0.25) is 4.79 Å². The molecule has 0 saturated heterocycles. The Morgan fingerprint density at radius 3 is 2.29 bits per heavy atom. The molecule has 1 aromatic heterocycles. The molecule has 180 valence electrons. The molecule has 3 N–H and O–H groups in total. The molecular weight excluding hydrogens is 454 g/mol. The second-order valence-corrected chi connectivity index (χ2v) is 8.53. The van der Waals surface area contributed by atoms with Crippen molar-refractivity contribution in [3.05, 3.63) is 60.2 Å². The molecule has 3 aromatic rings. The van der Waals surface area contributed by atoms with E-state index in [4.69, 9.17) is 10.7 Å². The number of ether oxygens (including phenoxy) is 1. The van der Waals surface area contributed by atoms with Crippen molar-refractivity contribution in [2.24, 2.45) is 5.73 Å². The first kappa shape index (κ1) is 23.6. The number of nitrogens with one attached hydrogen (secondary N) is 1. The number of aromatic nitrogens is 2. The largest absolute Gasteiger partial charge is 0.573 e. The zero-order chi connectivity index (χ0) is 24.7. The van der Waals surface area contributed by atoms with Gasteiger partial charge in [-0.15, -0.1) is 13.2 Å². The molecular formula is C23H23F4N5O2. The van der Waals surface area contributed by atoms with E-state index >= 15 is 0 Å². The molecule has 0 aliphatic carbocycles. The minimum atomic E-state index is -4.78. The Bertz CT molecular complexity index is 1180. The highest BCUT2D eigenvalue weighted by Gasteiger charge is 2.33. The average molecular weight is 477 g/mol. The SMILES string of the molecule is CC(C)(N)C(=O)N1CCn2c(nc(-c3ccc(F)cc3)c2Nc2ccc(OC(F)(F)F)cc2)C1. The van der Waals surface area contributed by atoms with Crippen molar-refractivity contribution in [3.63, 3.8) is 0 Å². The lowest BCUT2D eigenvalue weighted by molar-refractivity contribution is -0.274. The van der Waals surface area contributed by atoms with E-state index in [1.54, 1.807) is 30.9 Å². The van der Waals surface area contributed by atoms with E-state index < -0.39 is 17.7 Å². The number of alkyl halides is 3. The van der Waals surface area contributed by atoms with Gasteiger partial charge in [0.15, 0.2) is 0 Å². The van der Waals surface area contributed by atoms with Gasteiger partial charge in [-0.05, 0) is 62.4 Å². The molecule has 2 aromatic carbocycles. The molecule has 0 unspecified atom stereocenters. The average Bonchev–Trinajstić information content (AvgIpc) is 3.11. The van der Waals surface area contributed by atoms with Gasteiger partial charge in [0.25, 0.3) is 0 Å². The molecule has 1 aliphatic heterocycles. The van der Waals surface area contributed by atoms with Crippen molar-refractivity contribution >= 4 is 17.4 Å². The van der Waals surface area contributed by atoms with E-state index in [1.165, 1.54) is 36.4 Å². The van der Waals surface area contributed by atoms with Crippen LogP contribution in [0.1, 0.15) is 19.7 Å². The van der Waals surface area contributed by atoms with Crippen LogP contribution in [-0.2, 0) is 17.9 Å². The minimum absolute atomic E-state index is 0.208. The molecule has 7 nitrogen and oxygen atoms in total.